The lowest BCUT2D eigenvalue weighted by atomic mass is 9.77. The Morgan fingerprint density at radius 2 is 1.82 bits per heavy atom. The number of nitrogen functional groups attached to an aromatic ring is 1. The lowest BCUT2D eigenvalue weighted by Crippen LogP contribution is -2.39. The van der Waals surface area contributed by atoms with E-state index in [0.717, 1.165) is 18.8 Å². The van der Waals surface area contributed by atoms with Crippen LogP contribution in [0.2, 0.25) is 0 Å². The number of nitrogens with two attached hydrogens (primary N) is 1. The molecule has 1 aliphatic heterocycles. The largest absolute Gasteiger partial charge is 0.382 e. The van der Waals surface area contributed by atoms with E-state index < -0.39 is 0 Å². The lowest BCUT2D eigenvalue weighted by molar-refractivity contribution is 0.226. The first-order chi connectivity index (χ1) is 8.29. The Bertz CT molecular complexity index is 386. The van der Waals surface area contributed by atoms with Crippen LogP contribution < -0.4 is 10.6 Å². The zero-order valence-corrected chi connectivity index (χ0v) is 10.4. The van der Waals surface area contributed by atoms with Gasteiger partial charge in [0, 0.05) is 19.3 Å². The van der Waals surface area contributed by atoms with E-state index >= 15 is 0 Å². The fourth-order valence-electron chi connectivity index (χ4n) is 3.52. The van der Waals surface area contributed by atoms with E-state index in [1.54, 1.807) is 6.20 Å². The summed E-state index contributed by atoms with van der Waals surface area (Å²) in [6.07, 6.45) is 10.2. The number of pyridine rings is 1. The summed E-state index contributed by atoms with van der Waals surface area (Å²) in [5, 5.41) is 0. The van der Waals surface area contributed by atoms with E-state index in [-0.39, 0.29) is 0 Å². The number of aromatic nitrogens is 1. The minimum absolute atomic E-state index is 0.674. The van der Waals surface area contributed by atoms with Crippen molar-refractivity contribution in [2.75, 3.05) is 23.7 Å². The smallest absolute Gasteiger partial charge is 0.146 e. The second-order valence-corrected chi connectivity index (χ2v) is 5.60. The van der Waals surface area contributed by atoms with Crippen molar-refractivity contribution in [2.24, 2.45) is 5.41 Å². The van der Waals surface area contributed by atoms with Crippen molar-refractivity contribution in [3.05, 3.63) is 18.3 Å². The van der Waals surface area contributed by atoms with Gasteiger partial charge in [-0.1, -0.05) is 12.8 Å². The Hall–Kier alpha value is -1.25. The van der Waals surface area contributed by atoms with E-state index in [9.17, 15) is 0 Å². The van der Waals surface area contributed by atoms with E-state index in [4.69, 9.17) is 5.73 Å². The molecule has 17 heavy (non-hydrogen) atoms. The molecule has 1 aromatic rings. The molecule has 0 atom stereocenters. The van der Waals surface area contributed by atoms with Gasteiger partial charge in [-0.25, -0.2) is 4.98 Å². The fourth-order valence-corrected chi connectivity index (χ4v) is 3.52. The molecule has 1 saturated heterocycles. The molecule has 1 saturated carbocycles. The molecule has 2 N–H and O–H groups in total. The van der Waals surface area contributed by atoms with Crippen molar-refractivity contribution in [2.45, 2.75) is 38.5 Å². The molecule has 0 radical (unpaired) electrons. The monoisotopic (exact) mass is 231 g/mol. The maximum Gasteiger partial charge on any atom is 0.146 e. The van der Waals surface area contributed by atoms with Crippen LogP contribution in [0.25, 0.3) is 0 Å². The van der Waals surface area contributed by atoms with Crippen LogP contribution >= 0.6 is 0 Å². The maximum absolute atomic E-state index is 5.94. The zero-order chi connectivity index (χ0) is 11.7. The summed E-state index contributed by atoms with van der Waals surface area (Å²) < 4.78 is 0. The summed E-state index contributed by atoms with van der Waals surface area (Å²) in [6, 6.07) is 4.07. The van der Waals surface area contributed by atoms with Gasteiger partial charge in [-0.15, -0.1) is 0 Å². The van der Waals surface area contributed by atoms with Gasteiger partial charge in [0.25, 0.3) is 0 Å². The summed E-state index contributed by atoms with van der Waals surface area (Å²) in [7, 11) is 0. The van der Waals surface area contributed by atoms with Crippen LogP contribution in [0.4, 0.5) is 11.5 Å². The molecule has 2 heterocycles. The second kappa shape index (κ2) is 4.21. The molecular weight excluding hydrogens is 210 g/mol. The van der Waals surface area contributed by atoms with Crippen LogP contribution in [-0.2, 0) is 0 Å². The van der Waals surface area contributed by atoms with Crippen molar-refractivity contribution in [3.63, 3.8) is 0 Å². The Kier molecular flexibility index (Phi) is 2.69. The van der Waals surface area contributed by atoms with E-state index in [2.05, 4.69) is 16.0 Å². The Balaban J connectivity index is 1.71. The number of nitrogens with zero attached hydrogens (tertiary/aromatic N) is 2. The van der Waals surface area contributed by atoms with Crippen molar-refractivity contribution in [1.82, 2.24) is 4.98 Å². The van der Waals surface area contributed by atoms with Crippen LogP contribution in [0, 0.1) is 5.41 Å². The topological polar surface area (TPSA) is 42.1 Å². The van der Waals surface area contributed by atoms with Gasteiger partial charge in [0.1, 0.15) is 5.82 Å². The molecule has 0 aromatic carbocycles. The fraction of sp³-hybridized carbons (Fsp3) is 0.643. The number of piperidine rings is 1. The molecule has 2 fully saturated rings. The standard InChI is InChI=1S/C14H21N3/c15-13-12(4-3-9-16-13)17-10-7-14(8-11-17)5-1-2-6-14/h3-4,9H,1-2,5-8,10-11H2,(H2,15,16). The Morgan fingerprint density at radius 3 is 2.47 bits per heavy atom. The number of hydrogen-bond donors (Lipinski definition) is 1. The third-order valence-corrected chi connectivity index (χ3v) is 4.65. The molecular formula is C14H21N3. The number of anilines is 2. The maximum atomic E-state index is 5.94. The van der Waals surface area contributed by atoms with Gasteiger partial charge in [0.15, 0.2) is 0 Å². The Morgan fingerprint density at radius 1 is 1.12 bits per heavy atom. The number of rotatable bonds is 1. The molecule has 0 amide bonds. The second-order valence-electron chi connectivity index (χ2n) is 5.60. The minimum Gasteiger partial charge on any atom is -0.382 e. The van der Waals surface area contributed by atoms with Gasteiger partial charge < -0.3 is 10.6 Å². The summed E-state index contributed by atoms with van der Waals surface area (Å²) >= 11 is 0. The number of hydrogen-bond acceptors (Lipinski definition) is 3. The zero-order valence-electron chi connectivity index (χ0n) is 10.4. The summed E-state index contributed by atoms with van der Waals surface area (Å²) in [6.45, 7) is 2.30. The molecule has 1 aromatic heterocycles. The average Bonchev–Trinajstić information content (AvgIpc) is 2.80. The predicted molar refractivity (Wildman–Crippen MR) is 71.0 cm³/mol. The minimum atomic E-state index is 0.674. The lowest BCUT2D eigenvalue weighted by Gasteiger charge is -2.40. The van der Waals surface area contributed by atoms with Crippen LogP contribution in [-0.4, -0.2) is 18.1 Å². The first kappa shape index (κ1) is 10.9. The molecule has 0 unspecified atom stereocenters. The molecule has 0 bridgehead atoms. The Labute approximate surface area is 103 Å². The third kappa shape index (κ3) is 1.99. The quantitative estimate of drug-likeness (QED) is 0.808. The van der Waals surface area contributed by atoms with E-state index in [1.807, 2.05) is 6.07 Å². The molecule has 1 aliphatic carbocycles. The molecule has 3 rings (SSSR count). The van der Waals surface area contributed by atoms with Gasteiger partial charge in [-0.05, 0) is 43.2 Å². The first-order valence-corrected chi connectivity index (χ1v) is 6.75. The van der Waals surface area contributed by atoms with E-state index in [1.165, 1.54) is 38.5 Å². The van der Waals surface area contributed by atoms with Crippen molar-refractivity contribution in [1.29, 1.82) is 0 Å². The van der Waals surface area contributed by atoms with Crippen molar-refractivity contribution < 1.29 is 0 Å². The first-order valence-electron chi connectivity index (χ1n) is 6.75. The van der Waals surface area contributed by atoms with Gasteiger partial charge in [-0.2, -0.15) is 0 Å². The highest BCUT2D eigenvalue weighted by molar-refractivity contribution is 5.63. The van der Waals surface area contributed by atoms with E-state index in [0.29, 0.717) is 11.2 Å². The molecule has 3 nitrogen and oxygen atoms in total. The molecule has 92 valence electrons. The normalized spacial score (nSPS) is 23.2. The predicted octanol–water partition coefficient (Wildman–Crippen LogP) is 2.82. The highest BCUT2D eigenvalue weighted by Crippen LogP contribution is 2.46. The van der Waals surface area contributed by atoms with Crippen molar-refractivity contribution in [3.8, 4) is 0 Å². The van der Waals surface area contributed by atoms with Gasteiger partial charge >= 0.3 is 0 Å². The average molecular weight is 231 g/mol. The van der Waals surface area contributed by atoms with Gasteiger partial charge in [0.05, 0.1) is 5.69 Å². The SMILES string of the molecule is Nc1ncccc1N1CCC2(CCCC2)CC1. The van der Waals surface area contributed by atoms with Crippen LogP contribution in [0.15, 0.2) is 18.3 Å². The van der Waals surface area contributed by atoms with Crippen molar-refractivity contribution >= 4 is 11.5 Å². The summed E-state index contributed by atoms with van der Waals surface area (Å²) in [4.78, 5) is 6.59. The molecule has 3 heteroatoms. The van der Waals surface area contributed by atoms with Crippen LogP contribution in [0.1, 0.15) is 38.5 Å². The van der Waals surface area contributed by atoms with Gasteiger partial charge in [-0.3, -0.25) is 0 Å². The van der Waals surface area contributed by atoms with Crippen LogP contribution in [0.5, 0.6) is 0 Å². The third-order valence-electron chi connectivity index (χ3n) is 4.65. The molecule has 1 spiro atoms. The highest BCUT2D eigenvalue weighted by atomic mass is 15.2. The van der Waals surface area contributed by atoms with Crippen LogP contribution in [0.3, 0.4) is 0 Å². The molecule has 2 aliphatic rings. The highest BCUT2D eigenvalue weighted by Gasteiger charge is 2.37. The summed E-state index contributed by atoms with van der Waals surface area (Å²) in [5.41, 5.74) is 7.74. The van der Waals surface area contributed by atoms with Gasteiger partial charge in [0.2, 0.25) is 0 Å². The summed E-state index contributed by atoms with van der Waals surface area (Å²) in [5.74, 6) is 0.676.